The van der Waals surface area contributed by atoms with Gasteiger partial charge in [-0.1, -0.05) is 24.3 Å². The molecule has 0 fully saturated rings. The van der Waals surface area contributed by atoms with E-state index in [0.717, 1.165) is 31.9 Å². The highest BCUT2D eigenvalue weighted by molar-refractivity contribution is 14.0. The summed E-state index contributed by atoms with van der Waals surface area (Å²) in [5, 5.41) is 0. The maximum Gasteiger partial charge on any atom is 0.222 e. The quantitative estimate of drug-likeness (QED) is 0.310. The maximum atomic E-state index is 12.4. The molecule has 1 heterocycles. The lowest BCUT2D eigenvalue weighted by Gasteiger charge is -2.29. The van der Waals surface area contributed by atoms with E-state index in [1.165, 1.54) is 11.1 Å². The average molecular weight is 444 g/mol. The van der Waals surface area contributed by atoms with Gasteiger partial charge in [0.2, 0.25) is 5.91 Å². The Morgan fingerprint density at radius 3 is 2.38 bits per heavy atom. The second-order valence-electron chi connectivity index (χ2n) is 6.41. The van der Waals surface area contributed by atoms with Crippen LogP contribution in [-0.2, 0) is 17.8 Å². The molecule has 0 aliphatic carbocycles. The van der Waals surface area contributed by atoms with Crippen LogP contribution in [0.2, 0.25) is 0 Å². The minimum atomic E-state index is 0. The molecular weight excluding hydrogens is 415 g/mol. The number of fused-ring (bicyclic) bond motifs is 1. The third-order valence-corrected chi connectivity index (χ3v) is 4.09. The van der Waals surface area contributed by atoms with Gasteiger partial charge in [-0.15, -0.1) is 24.0 Å². The van der Waals surface area contributed by atoms with Crippen molar-refractivity contribution in [2.45, 2.75) is 25.8 Å². The Morgan fingerprint density at radius 1 is 1.12 bits per heavy atom. The Morgan fingerprint density at radius 2 is 1.75 bits per heavy atom. The zero-order valence-corrected chi connectivity index (χ0v) is 17.5. The Balaban J connectivity index is 0.00000288. The lowest BCUT2D eigenvalue weighted by molar-refractivity contribution is -0.132. The molecule has 1 aliphatic rings. The largest absolute Gasteiger partial charge is 0.349 e. The molecule has 0 aromatic heterocycles. The molecule has 0 bridgehead atoms. The van der Waals surface area contributed by atoms with Crippen LogP contribution in [0.4, 0.5) is 0 Å². The van der Waals surface area contributed by atoms with Crippen LogP contribution in [0.1, 0.15) is 24.0 Å². The minimum absolute atomic E-state index is 0. The molecule has 0 saturated carbocycles. The lowest BCUT2D eigenvalue weighted by Crippen LogP contribution is -2.36. The van der Waals surface area contributed by atoms with E-state index < -0.39 is 0 Å². The van der Waals surface area contributed by atoms with Crippen molar-refractivity contribution < 1.29 is 4.79 Å². The first kappa shape index (κ1) is 20.7. The molecule has 2 rings (SSSR count). The van der Waals surface area contributed by atoms with Crippen LogP contribution < -0.4 is 0 Å². The van der Waals surface area contributed by atoms with Gasteiger partial charge in [0.05, 0.1) is 0 Å². The first-order chi connectivity index (χ1) is 11.0. The summed E-state index contributed by atoms with van der Waals surface area (Å²) in [6.07, 6.45) is 2.33. The fraction of sp³-hybridized carbons (Fsp3) is 0.556. The van der Waals surface area contributed by atoms with Crippen LogP contribution in [0, 0.1) is 0 Å². The monoisotopic (exact) mass is 444 g/mol. The second-order valence-corrected chi connectivity index (χ2v) is 6.41. The molecule has 5 nitrogen and oxygen atoms in total. The number of halogens is 1. The molecule has 6 heteroatoms. The first-order valence-corrected chi connectivity index (χ1v) is 8.22. The SMILES string of the molecule is CN(C)C(=NCCCC(=O)N1CCc2ccccc2C1)N(C)C.I. The topological polar surface area (TPSA) is 39.2 Å². The second kappa shape index (κ2) is 9.86. The summed E-state index contributed by atoms with van der Waals surface area (Å²) in [7, 11) is 7.93. The van der Waals surface area contributed by atoms with Crippen LogP contribution in [-0.4, -0.2) is 67.8 Å². The first-order valence-electron chi connectivity index (χ1n) is 8.22. The fourth-order valence-electron chi connectivity index (χ4n) is 2.96. The predicted octanol–water partition coefficient (Wildman–Crippen LogP) is 2.45. The molecule has 1 aliphatic heterocycles. The number of amides is 1. The van der Waals surface area contributed by atoms with E-state index in [4.69, 9.17) is 0 Å². The van der Waals surface area contributed by atoms with Gasteiger partial charge in [-0.3, -0.25) is 9.79 Å². The Labute approximate surface area is 162 Å². The summed E-state index contributed by atoms with van der Waals surface area (Å²) in [6.45, 7) is 2.26. The van der Waals surface area contributed by atoms with Crippen LogP contribution in [0.5, 0.6) is 0 Å². The highest BCUT2D eigenvalue weighted by atomic mass is 127. The van der Waals surface area contributed by atoms with Gasteiger partial charge in [0.1, 0.15) is 0 Å². The number of hydrogen-bond donors (Lipinski definition) is 0. The number of carbonyl (C=O) groups excluding carboxylic acids is 1. The summed E-state index contributed by atoms with van der Waals surface area (Å²) in [4.78, 5) is 22.9. The van der Waals surface area contributed by atoms with E-state index in [0.29, 0.717) is 13.0 Å². The van der Waals surface area contributed by atoms with E-state index in [9.17, 15) is 4.79 Å². The minimum Gasteiger partial charge on any atom is -0.349 e. The summed E-state index contributed by atoms with van der Waals surface area (Å²) >= 11 is 0. The molecule has 0 saturated heterocycles. The van der Waals surface area contributed by atoms with Gasteiger partial charge in [0, 0.05) is 54.2 Å². The van der Waals surface area contributed by atoms with E-state index >= 15 is 0 Å². The van der Waals surface area contributed by atoms with E-state index in [-0.39, 0.29) is 29.9 Å². The molecule has 1 aromatic carbocycles. The van der Waals surface area contributed by atoms with Crippen molar-refractivity contribution in [3.05, 3.63) is 35.4 Å². The summed E-state index contributed by atoms with van der Waals surface area (Å²) in [6, 6.07) is 8.41. The van der Waals surface area contributed by atoms with Gasteiger partial charge in [-0.05, 0) is 24.0 Å². The number of guanidine groups is 1. The lowest BCUT2D eigenvalue weighted by atomic mass is 9.99. The molecule has 0 spiro atoms. The third-order valence-electron chi connectivity index (χ3n) is 4.09. The molecule has 1 amide bonds. The Bertz CT molecular complexity index is 562. The van der Waals surface area contributed by atoms with Gasteiger partial charge >= 0.3 is 0 Å². The van der Waals surface area contributed by atoms with Crippen molar-refractivity contribution in [3.63, 3.8) is 0 Å². The average Bonchev–Trinajstić information content (AvgIpc) is 2.53. The van der Waals surface area contributed by atoms with Gasteiger partial charge in [-0.25, -0.2) is 0 Å². The van der Waals surface area contributed by atoms with Crippen LogP contribution >= 0.6 is 24.0 Å². The smallest absolute Gasteiger partial charge is 0.222 e. The molecule has 24 heavy (non-hydrogen) atoms. The van der Waals surface area contributed by atoms with Gasteiger partial charge in [0.25, 0.3) is 0 Å². The van der Waals surface area contributed by atoms with Crippen molar-refractivity contribution in [2.75, 3.05) is 41.3 Å². The zero-order chi connectivity index (χ0) is 16.8. The highest BCUT2D eigenvalue weighted by Gasteiger charge is 2.19. The molecule has 0 N–H and O–H groups in total. The molecule has 0 atom stereocenters. The predicted molar refractivity (Wildman–Crippen MR) is 110 cm³/mol. The van der Waals surface area contributed by atoms with Crippen LogP contribution in [0.25, 0.3) is 0 Å². The number of benzene rings is 1. The molecule has 0 unspecified atom stereocenters. The Kier molecular flexibility index (Phi) is 8.52. The zero-order valence-electron chi connectivity index (χ0n) is 15.2. The molecule has 0 radical (unpaired) electrons. The van der Waals surface area contributed by atoms with Gasteiger partial charge in [0.15, 0.2) is 5.96 Å². The number of hydrogen-bond acceptors (Lipinski definition) is 2. The maximum absolute atomic E-state index is 12.4. The van der Waals surface area contributed by atoms with Crippen molar-refractivity contribution in [2.24, 2.45) is 4.99 Å². The van der Waals surface area contributed by atoms with Crippen LogP contribution in [0.3, 0.4) is 0 Å². The highest BCUT2D eigenvalue weighted by Crippen LogP contribution is 2.19. The summed E-state index contributed by atoms with van der Waals surface area (Å²) in [5.74, 6) is 1.18. The van der Waals surface area contributed by atoms with Crippen LogP contribution in [0.15, 0.2) is 29.3 Å². The van der Waals surface area contributed by atoms with E-state index in [2.05, 4.69) is 23.2 Å². The molecular formula is C18H29IN4O. The standard InChI is InChI=1S/C18H28N4O.HI/c1-20(2)18(21(3)4)19-12-7-10-17(23)22-13-11-15-8-5-6-9-16(15)14-22;/h5-6,8-9H,7,10-14H2,1-4H3;1H. The Hall–Kier alpha value is -1.31. The van der Waals surface area contributed by atoms with Crippen molar-refractivity contribution >= 4 is 35.8 Å². The summed E-state index contributed by atoms with van der Waals surface area (Å²) in [5.41, 5.74) is 2.66. The van der Waals surface area contributed by atoms with Crippen molar-refractivity contribution in [1.82, 2.24) is 14.7 Å². The third kappa shape index (κ3) is 5.65. The van der Waals surface area contributed by atoms with E-state index in [1.54, 1.807) is 0 Å². The molecule has 1 aromatic rings. The number of aliphatic imine (C=N–C) groups is 1. The normalized spacial score (nSPS) is 12.8. The molecule has 134 valence electrons. The van der Waals surface area contributed by atoms with Gasteiger partial charge in [-0.2, -0.15) is 0 Å². The number of carbonyl (C=O) groups is 1. The number of nitrogens with zero attached hydrogens (tertiary/aromatic N) is 4. The van der Waals surface area contributed by atoms with Crippen molar-refractivity contribution in [1.29, 1.82) is 0 Å². The van der Waals surface area contributed by atoms with Crippen molar-refractivity contribution in [3.8, 4) is 0 Å². The fourth-order valence-corrected chi connectivity index (χ4v) is 2.96. The van der Waals surface area contributed by atoms with E-state index in [1.807, 2.05) is 49.0 Å². The summed E-state index contributed by atoms with van der Waals surface area (Å²) < 4.78 is 0. The van der Waals surface area contributed by atoms with Gasteiger partial charge < -0.3 is 14.7 Å². The number of rotatable bonds is 4.